The van der Waals surface area contributed by atoms with Crippen LogP contribution in [-0.4, -0.2) is 87.6 Å². The molecule has 2 amide bonds. The molecule has 172 valence electrons. The van der Waals surface area contributed by atoms with E-state index in [0.717, 1.165) is 30.5 Å². The van der Waals surface area contributed by atoms with Crippen LogP contribution in [-0.2, 0) is 4.74 Å². The quantitative estimate of drug-likeness (QED) is 0.752. The molecule has 0 aliphatic carbocycles. The SMILES string of the molecule is COc1cccc(NC(=O)N2CCN(c3cc(N4CCOCC4)nc(C)n3)CC2)c1OC. The molecule has 2 saturated heterocycles. The summed E-state index contributed by atoms with van der Waals surface area (Å²) in [5, 5.41) is 2.94. The summed E-state index contributed by atoms with van der Waals surface area (Å²) in [5.41, 5.74) is 0.584. The van der Waals surface area contributed by atoms with Gasteiger partial charge < -0.3 is 34.2 Å². The summed E-state index contributed by atoms with van der Waals surface area (Å²) >= 11 is 0. The summed E-state index contributed by atoms with van der Waals surface area (Å²) in [7, 11) is 3.13. The second-order valence-corrected chi connectivity index (χ2v) is 7.68. The van der Waals surface area contributed by atoms with Crippen molar-refractivity contribution in [2.75, 3.05) is 81.8 Å². The van der Waals surface area contributed by atoms with Gasteiger partial charge in [0.1, 0.15) is 17.5 Å². The first-order chi connectivity index (χ1) is 15.6. The Morgan fingerprint density at radius 1 is 0.969 bits per heavy atom. The molecule has 0 spiro atoms. The van der Waals surface area contributed by atoms with Crippen molar-refractivity contribution in [2.24, 2.45) is 0 Å². The predicted octanol–water partition coefficient (Wildman–Crippen LogP) is 1.99. The number of ether oxygens (including phenoxy) is 3. The minimum atomic E-state index is -0.163. The van der Waals surface area contributed by atoms with Crippen LogP contribution in [0, 0.1) is 6.92 Å². The van der Waals surface area contributed by atoms with Crippen molar-refractivity contribution in [2.45, 2.75) is 6.92 Å². The standard InChI is InChI=1S/C22H30N6O4/c1-16-23-19(15-20(24-16)27-11-13-32-14-12-27)26-7-9-28(10-8-26)22(29)25-17-5-4-6-18(30-2)21(17)31-3/h4-6,15H,7-14H2,1-3H3,(H,25,29). The number of benzene rings is 1. The van der Waals surface area contributed by atoms with Gasteiger partial charge in [0, 0.05) is 45.3 Å². The molecule has 1 aromatic heterocycles. The highest BCUT2D eigenvalue weighted by atomic mass is 16.5. The van der Waals surface area contributed by atoms with Crippen molar-refractivity contribution in [3.05, 3.63) is 30.1 Å². The van der Waals surface area contributed by atoms with Crippen molar-refractivity contribution >= 4 is 23.4 Å². The molecule has 1 aromatic carbocycles. The van der Waals surface area contributed by atoms with Crippen LogP contribution >= 0.6 is 0 Å². The van der Waals surface area contributed by atoms with Crippen LogP contribution in [0.25, 0.3) is 0 Å². The fourth-order valence-electron chi connectivity index (χ4n) is 3.97. The van der Waals surface area contributed by atoms with Crippen LogP contribution in [0.1, 0.15) is 5.82 Å². The molecule has 2 fully saturated rings. The highest BCUT2D eigenvalue weighted by molar-refractivity contribution is 5.91. The van der Waals surface area contributed by atoms with Crippen LogP contribution in [0.4, 0.5) is 22.1 Å². The Bertz CT molecular complexity index is 942. The van der Waals surface area contributed by atoms with Crippen LogP contribution in [0.3, 0.4) is 0 Å². The largest absolute Gasteiger partial charge is 0.493 e. The van der Waals surface area contributed by atoms with Crippen LogP contribution in [0.15, 0.2) is 24.3 Å². The number of hydrogen-bond acceptors (Lipinski definition) is 8. The topological polar surface area (TPSA) is 92.3 Å². The minimum Gasteiger partial charge on any atom is -0.493 e. The molecular weight excluding hydrogens is 412 g/mol. The van der Waals surface area contributed by atoms with Crippen molar-refractivity contribution in [1.29, 1.82) is 0 Å². The van der Waals surface area contributed by atoms with E-state index in [0.29, 0.717) is 56.6 Å². The van der Waals surface area contributed by atoms with E-state index in [-0.39, 0.29) is 6.03 Å². The molecule has 0 unspecified atom stereocenters. The molecule has 0 saturated carbocycles. The maximum absolute atomic E-state index is 12.8. The molecule has 0 bridgehead atoms. The molecule has 2 aliphatic rings. The molecule has 32 heavy (non-hydrogen) atoms. The fraction of sp³-hybridized carbons (Fsp3) is 0.500. The lowest BCUT2D eigenvalue weighted by molar-refractivity contribution is 0.122. The zero-order valence-electron chi connectivity index (χ0n) is 18.8. The number of piperazine rings is 1. The number of nitrogens with zero attached hydrogens (tertiary/aromatic N) is 5. The number of nitrogens with one attached hydrogen (secondary N) is 1. The Labute approximate surface area is 188 Å². The Kier molecular flexibility index (Phi) is 6.79. The molecule has 2 aromatic rings. The van der Waals surface area contributed by atoms with Gasteiger partial charge in [-0.05, 0) is 19.1 Å². The van der Waals surface area contributed by atoms with Gasteiger partial charge in [0.25, 0.3) is 0 Å². The zero-order valence-corrected chi connectivity index (χ0v) is 18.8. The Hall–Kier alpha value is -3.27. The lowest BCUT2D eigenvalue weighted by Gasteiger charge is -2.36. The van der Waals surface area contributed by atoms with Gasteiger partial charge in [-0.3, -0.25) is 0 Å². The third kappa shape index (κ3) is 4.80. The fourth-order valence-corrected chi connectivity index (χ4v) is 3.97. The van der Waals surface area contributed by atoms with Crippen LogP contribution in [0.2, 0.25) is 0 Å². The van der Waals surface area contributed by atoms with Gasteiger partial charge in [-0.2, -0.15) is 0 Å². The van der Waals surface area contributed by atoms with Gasteiger partial charge in [0.15, 0.2) is 11.5 Å². The number of anilines is 3. The molecule has 10 heteroatoms. The van der Waals surface area contributed by atoms with Gasteiger partial charge in [-0.25, -0.2) is 14.8 Å². The number of carbonyl (C=O) groups is 1. The van der Waals surface area contributed by atoms with E-state index in [2.05, 4.69) is 25.1 Å². The number of amides is 2. The predicted molar refractivity (Wildman–Crippen MR) is 122 cm³/mol. The number of urea groups is 1. The number of rotatable bonds is 5. The lowest BCUT2D eigenvalue weighted by Crippen LogP contribution is -2.50. The number of methoxy groups -OCH3 is 2. The summed E-state index contributed by atoms with van der Waals surface area (Å²) in [5.74, 6) is 3.66. The van der Waals surface area contributed by atoms with Gasteiger partial charge in [0.05, 0.1) is 33.1 Å². The Morgan fingerprint density at radius 2 is 1.62 bits per heavy atom. The molecule has 1 N–H and O–H groups in total. The summed E-state index contributed by atoms with van der Waals surface area (Å²) in [6, 6.07) is 7.28. The number of hydrogen-bond donors (Lipinski definition) is 1. The van der Waals surface area contributed by atoms with E-state index < -0.39 is 0 Å². The number of aromatic nitrogens is 2. The highest BCUT2D eigenvalue weighted by Gasteiger charge is 2.24. The average Bonchev–Trinajstić information content (AvgIpc) is 2.84. The van der Waals surface area contributed by atoms with Crippen molar-refractivity contribution in [3.63, 3.8) is 0 Å². The Balaban J connectivity index is 1.39. The third-order valence-corrected chi connectivity index (χ3v) is 5.68. The van der Waals surface area contributed by atoms with Gasteiger partial charge in [-0.15, -0.1) is 0 Å². The van der Waals surface area contributed by atoms with Crippen LogP contribution in [0.5, 0.6) is 11.5 Å². The van der Waals surface area contributed by atoms with Gasteiger partial charge in [-0.1, -0.05) is 6.07 Å². The summed E-state index contributed by atoms with van der Waals surface area (Å²) in [6.45, 7) is 7.58. The molecular formula is C22H30N6O4. The maximum atomic E-state index is 12.8. The molecule has 0 radical (unpaired) electrons. The van der Waals surface area contributed by atoms with Gasteiger partial charge >= 0.3 is 6.03 Å². The molecule has 4 rings (SSSR count). The first-order valence-electron chi connectivity index (χ1n) is 10.8. The van der Waals surface area contributed by atoms with Crippen molar-refractivity contribution in [3.8, 4) is 11.5 Å². The third-order valence-electron chi connectivity index (χ3n) is 5.68. The summed E-state index contributed by atoms with van der Waals surface area (Å²) < 4.78 is 16.2. The first kappa shape index (κ1) is 21.9. The van der Waals surface area contributed by atoms with E-state index in [9.17, 15) is 4.79 Å². The van der Waals surface area contributed by atoms with Crippen molar-refractivity contribution < 1.29 is 19.0 Å². The van der Waals surface area contributed by atoms with E-state index in [1.807, 2.05) is 19.1 Å². The second kappa shape index (κ2) is 9.90. The Morgan fingerprint density at radius 3 is 2.25 bits per heavy atom. The number of aryl methyl sites for hydroxylation is 1. The van der Waals surface area contributed by atoms with Crippen molar-refractivity contribution in [1.82, 2.24) is 14.9 Å². The summed E-state index contributed by atoms with van der Waals surface area (Å²) in [4.78, 5) is 28.3. The molecule has 0 atom stereocenters. The minimum absolute atomic E-state index is 0.163. The highest BCUT2D eigenvalue weighted by Crippen LogP contribution is 2.34. The monoisotopic (exact) mass is 442 g/mol. The zero-order chi connectivity index (χ0) is 22.5. The first-order valence-corrected chi connectivity index (χ1v) is 10.8. The van der Waals surface area contributed by atoms with E-state index >= 15 is 0 Å². The van der Waals surface area contributed by atoms with Crippen LogP contribution < -0.4 is 24.6 Å². The van der Waals surface area contributed by atoms with E-state index in [4.69, 9.17) is 14.2 Å². The average molecular weight is 443 g/mol. The smallest absolute Gasteiger partial charge is 0.322 e. The lowest BCUT2D eigenvalue weighted by atomic mass is 10.2. The van der Waals surface area contributed by atoms with Gasteiger partial charge in [0.2, 0.25) is 0 Å². The number of carbonyl (C=O) groups excluding carboxylic acids is 1. The normalized spacial score (nSPS) is 16.7. The van der Waals surface area contributed by atoms with E-state index in [1.54, 1.807) is 31.3 Å². The molecule has 2 aliphatic heterocycles. The number of morpholine rings is 1. The van der Waals surface area contributed by atoms with E-state index in [1.165, 1.54) is 0 Å². The maximum Gasteiger partial charge on any atom is 0.322 e. The summed E-state index contributed by atoms with van der Waals surface area (Å²) in [6.07, 6.45) is 0. The molecule has 3 heterocycles. The molecule has 10 nitrogen and oxygen atoms in total. The second-order valence-electron chi connectivity index (χ2n) is 7.68. The number of para-hydroxylation sites is 1.